The van der Waals surface area contributed by atoms with E-state index in [2.05, 4.69) is 33.6 Å². The monoisotopic (exact) mass is 293 g/mol. The molecule has 5 nitrogen and oxygen atoms in total. The van der Waals surface area contributed by atoms with Gasteiger partial charge in [0.05, 0.1) is 18.3 Å². The van der Waals surface area contributed by atoms with Crippen LogP contribution in [0, 0.1) is 5.82 Å². The Morgan fingerprint density at radius 1 is 1.38 bits per heavy atom. The summed E-state index contributed by atoms with van der Waals surface area (Å²) in [5, 5.41) is 0. The highest BCUT2D eigenvalue weighted by molar-refractivity contribution is 5.81. The molecule has 0 aromatic carbocycles. The van der Waals surface area contributed by atoms with E-state index in [1.807, 2.05) is 6.92 Å². The number of guanidine groups is 1. The van der Waals surface area contributed by atoms with Gasteiger partial charge in [-0.1, -0.05) is 13.8 Å². The largest absolute Gasteiger partial charge is 0.370 e. The molecule has 1 aromatic heterocycles. The molecular weight excluding hydrogens is 269 g/mol. The molecule has 1 aliphatic heterocycles. The lowest BCUT2D eigenvalue weighted by molar-refractivity contribution is 0.188. The molecular formula is C15H24FN5. The van der Waals surface area contributed by atoms with E-state index in [1.165, 1.54) is 12.3 Å². The maximum atomic E-state index is 13.5. The molecule has 1 atom stereocenters. The molecule has 1 aliphatic rings. The number of pyridine rings is 1. The van der Waals surface area contributed by atoms with Gasteiger partial charge in [-0.05, 0) is 26.1 Å². The van der Waals surface area contributed by atoms with Gasteiger partial charge in [0.25, 0.3) is 0 Å². The van der Waals surface area contributed by atoms with Crippen LogP contribution < -0.4 is 5.73 Å². The van der Waals surface area contributed by atoms with Crippen LogP contribution in [0.1, 0.15) is 26.3 Å². The minimum absolute atomic E-state index is 0.331. The third-order valence-corrected chi connectivity index (χ3v) is 4.28. The Morgan fingerprint density at radius 3 is 2.71 bits per heavy atom. The van der Waals surface area contributed by atoms with E-state index >= 15 is 0 Å². The summed E-state index contributed by atoms with van der Waals surface area (Å²) in [6.45, 7) is 10.5. The molecule has 1 aromatic rings. The first-order valence-corrected chi connectivity index (χ1v) is 7.42. The van der Waals surface area contributed by atoms with Crippen LogP contribution >= 0.6 is 0 Å². The fraction of sp³-hybridized carbons (Fsp3) is 0.600. The average Bonchev–Trinajstić information content (AvgIpc) is 2.77. The minimum Gasteiger partial charge on any atom is -0.370 e. The lowest BCUT2D eigenvalue weighted by atomic mass is 9.92. The van der Waals surface area contributed by atoms with Crippen molar-refractivity contribution in [1.82, 2.24) is 14.8 Å². The lowest BCUT2D eigenvalue weighted by Gasteiger charge is -2.37. The molecule has 0 saturated heterocycles. The molecule has 0 bridgehead atoms. The average molecular weight is 293 g/mol. The van der Waals surface area contributed by atoms with Crippen molar-refractivity contribution in [2.45, 2.75) is 26.3 Å². The van der Waals surface area contributed by atoms with E-state index in [-0.39, 0.29) is 5.82 Å². The summed E-state index contributed by atoms with van der Waals surface area (Å²) in [7, 11) is 0. The predicted molar refractivity (Wildman–Crippen MR) is 82.5 cm³/mol. The fourth-order valence-corrected chi connectivity index (χ4v) is 2.75. The van der Waals surface area contributed by atoms with Gasteiger partial charge in [0.15, 0.2) is 5.96 Å². The van der Waals surface area contributed by atoms with E-state index in [4.69, 9.17) is 5.73 Å². The van der Waals surface area contributed by atoms with Crippen molar-refractivity contribution in [3.05, 3.63) is 29.8 Å². The van der Waals surface area contributed by atoms with Crippen LogP contribution in [0.5, 0.6) is 0 Å². The number of nitrogens with zero attached hydrogens (tertiary/aromatic N) is 4. The van der Waals surface area contributed by atoms with Crippen LogP contribution in [-0.2, 0) is 5.54 Å². The molecule has 0 fully saturated rings. The summed E-state index contributed by atoms with van der Waals surface area (Å²) in [5.41, 5.74) is 6.43. The van der Waals surface area contributed by atoms with Gasteiger partial charge >= 0.3 is 0 Å². The molecule has 2 N–H and O–H groups in total. The smallest absolute Gasteiger partial charge is 0.192 e. The number of nitrogens with two attached hydrogens (primary N) is 1. The molecule has 2 heterocycles. The number of hydrogen-bond donors (Lipinski definition) is 1. The van der Waals surface area contributed by atoms with Crippen molar-refractivity contribution in [2.75, 3.05) is 32.7 Å². The second-order valence-corrected chi connectivity index (χ2v) is 5.52. The van der Waals surface area contributed by atoms with E-state index < -0.39 is 5.54 Å². The maximum absolute atomic E-state index is 13.5. The van der Waals surface area contributed by atoms with Crippen LogP contribution in [0.15, 0.2) is 23.5 Å². The Hall–Kier alpha value is -1.69. The first-order valence-electron chi connectivity index (χ1n) is 7.42. The van der Waals surface area contributed by atoms with Crippen molar-refractivity contribution in [3.8, 4) is 0 Å². The second kappa shape index (κ2) is 6.39. The molecule has 0 amide bonds. The van der Waals surface area contributed by atoms with Gasteiger partial charge in [0, 0.05) is 24.8 Å². The second-order valence-electron chi connectivity index (χ2n) is 5.52. The highest BCUT2D eigenvalue weighted by Crippen LogP contribution is 2.32. The standard InChI is InChI=1S/C15H24FN5/c1-4-20(5-2)6-7-21-14(17)19-11-15(21,3)12-8-13(16)10-18-9-12/h8-10H,4-7,11H2,1-3H3,(H2,17,19). The van der Waals surface area contributed by atoms with Crippen molar-refractivity contribution < 1.29 is 4.39 Å². The van der Waals surface area contributed by atoms with Crippen LogP contribution in [0.25, 0.3) is 0 Å². The van der Waals surface area contributed by atoms with E-state index in [0.29, 0.717) is 12.5 Å². The number of rotatable bonds is 6. The van der Waals surface area contributed by atoms with Crippen molar-refractivity contribution in [1.29, 1.82) is 0 Å². The molecule has 6 heteroatoms. The fourth-order valence-electron chi connectivity index (χ4n) is 2.75. The van der Waals surface area contributed by atoms with Gasteiger partial charge in [0.2, 0.25) is 0 Å². The topological polar surface area (TPSA) is 57.8 Å². The van der Waals surface area contributed by atoms with Crippen LogP contribution in [0.4, 0.5) is 4.39 Å². The molecule has 0 saturated carbocycles. The third kappa shape index (κ3) is 3.15. The summed E-state index contributed by atoms with van der Waals surface area (Å²) < 4.78 is 13.5. The van der Waals surface area contributed by atoms with E-state index in [9.17, 15) is 4.39 Å². The predicted octanol–water partition coefficient (Wildman–Crippen LogP) is 1.41. The lowest BCUT2D eigenvalue weighted by Crippen LogP contribution is -2.50. The van der Waals surface area contributed by atoms with Crippen LogP contribution in [0.3, 0.4) is 0 Å². The van der Waals surface area contributed by atoms with Gasteiger partial charge in [-0.2, -0.15) is 0 Å². The van der Waals surface area contributed by atoms with Crippen molar-refractivity contribution >= 4 is 5.96 Å². The van der Waals surface area contributed by atoms with Crippen LogP contribution in [-0.4, -0.2) is 53.5 Å². The number of hydrogen-bond acceptors (Lipinski definition) is 5. The van der Waals surface area contributed by atoms with Gasteiger partial charge in [-0.15, -0.1) is 0 Å². The zero-order valence-corrected chi connectivity index (χ0v) is 13.0. The molecule has 0 radical (unpaired) electrons. The first kappa shape index (κ1) is 15.7. The molecule has 2 rings (SSSR count). The molecule has 0 spiro atoms. The number of likely N-dealkylation sites (N-methyl/N-ethyl adjacent to an activating group) is 1. The molecule has 0 aliphatic carbocycles. The Morgan fingerprint density at radius 2 is 2.10 bits per heavy atom. The Balaban J connectivity index is 2.18. The number of aliphatic imine (C=N–C) groups is 1. The highest BCUT2D eigenvalue weighted by atomic mass is 19.1. The van der Waals surface area contributed by atoms with Crippen LogP contribution in [0.2, 0.25) is 0 Å². The minimum atomic E-state index is -0.424. The summed E-state index contributed by atoms with van der Waals surface area (Å²) in [5.74, 6) is 0.191. The SMILES string of the molecule is CCN(CC)CCN1C(N)=NCC1(C)c1cncc(F)c1. The summed E-state index contributed by atoms with van der Waals surface area (Å²) in [6.07, 6.45) is 2.91. The quantitative estimate of drug-likeness (QED) is 0.861. The first-order chi connectivity index (χ1) is 10.0. The summed E-state index contributed by atoms with van der Waals surface area (Å²) in [4.78, 5) is 12.7. The Bertz CT molecular complexity index is 515. The van der Waals surface area contributed by atoms with Gasteiger partial charge in [-0.25, -0.2) is 4.39 Å². The molecule has 21 heavy (non-hydrogen) atoms. The van der Waals surface area contributed by atoms with Crippen molar-refractivity contribution in [3.63, 3.8) is 0 Å². The number of aromatic nitrogens is 1. The summed E-state index contributed by atoms with van der Waals surface area (Å²) in [6, 6.07) is 1.52. The third-order valence-electron chi connectivity index (χ3n) is 4.28. The molecule has 1 unspecified atom stereocenters. The Labute approximate surface area is 125 Å². The summed E-state index contributed by atoms with van der Waals surface area (Å²) >= 11 is 0. The van der Waals surface area contributed by atoms with E-state index in [0.717, 1.165) is 31.7 Å². The van der Waals surface area contributed by atoms with Crippen molar-refractivity contribution in [2.24, 2.45) is 10.7 Å². The van der Waals surface area contributed by atoms with Gasteiger partial charge < -0.3 is 15.5 Å². The maximum Gasteiger partial charge on any atom is 0.192 e. The Kier molecular flexibility index (Phi) is 4.77. The molecule has 116 valence electrons. The van der Waals surface area contributed by atoms with Gasteiger partial charge in [-0.3, -0.25) is 9.98 Å². The number of halogens is 1. The van der Waals surface area contributed by atoms with E-state index in [1.54, 1.807) is 6.20 Å². The zero-order chi connectivity index (χ0) is 15.5. The zero-order valence-electron chi connectivity index (χ0n) is 13.0. The normalized spacial score (nSPS) is 22.0. The van der Waals surface area contributed by atoms with Gasteiger partial charge in [0.1, 0.15) is 5.82 Å². The highest BCUT2D eigenvalue weighted by Gasteiger charge is 2.39.